The minimum Gasteiger partial charge on any atom is -0.353 e. The molecule has 162 valence electrons. The van der Waals surface area contributed by atoms with Crippen LogP contribution in [0.3, 0.4) is 0 Å². The summed E-state index contributed by atoms with van der Waals surface area (Å²) in [6, 6.07) is 10.9. The van der Waals surface area contributed by atoms with Gasteiger partial charge in [0.05, 0.1) is 17.2 Å². The van der Waals surface area contributed by atoms with Crippen molar-refractivity contribution in [3.05, 3.63) is 71.3 Å². The molecule has 0 atom stereocenters. The van der Waals surface area contributed by atoms with Gasteiger partial charge in [-0.05, 0) is 25.1 Å². The number of carbonyl (C=O) groups is 1. The molecule has 3 aromatic heterocycles. The van der Waals surface area contributed by atoms with Crippen LogP contribution in [0.2, 0.25) is 0 Å². The second-order valence-electron chi connectivity index (χ2n) is 7.64. The zero-order chi connectivity index (χ0) is 22.1. The van der Waals surface area contributed by atoms with Crippen molar-refractivity contribution in [1.82, 2.24) is 34.2 Å². The summed E-state index contributed by atoms with van der Waals surface area (Å²) in [6.45, 7) is 4.22. The minimum atomic E-state index is -0.204. The maximum Gasteiger partial charge on any atom is 0.261 e. The molecule has 0 N–H and O–H groups in total. The fourth-order valence-electron chi connectivity index (χ4n) is 3.87. The molecule has 0 spiro atoms. The zero-order valence-corrected chi connectivity index (χ0v) is 17.6. The largest absolute Gasteiger partial charge is 0.353 e. The smallest absolute Gasteiger partial charge is 0.261 e. The van der Waals surface area contributed by atoms with Gasteiger partial charge < -0.3 is 9.80 Å². The first-order chi connectivity index (χ1) is 15.6. The Hall–Kier alpha value is -4.08. The number of rotatable bonds is 4. The maximum atomic E-state index is 12.8. The van der Waals surface area contributed by atoms with Crippen LogP contribution in [0.25, 0.3) is 16.7 Å². The number of aromatic nitrogens is 6. The van der Waals surface area contributed by atoms with E-state index in [0.717, 1.165) is 5.82 Å². The Kier molecular flexibility index (Phi) is 5.10. The zero-order valence-electron chi connectivity index (χ0n) is 17.6. The first kappa shape index (κ1) is 19.9. The van der Waals surface area contributed by atoms with Crippen LogP contribution in [0, 0.1) is 6.92 Å². The number of aryl methyl sites for hydroxylation is 1. The van der Waals surface area contributed by atoms with Gasteiger partial charge in [-0.3, -0.25) is 14.2 Å². The summed E-state index contributed by atoms with van der Waals surface area (Å²) in [5, 5.41) is 4.75. The molecule has 4 aromatic rings. The molecule has 10 nitrogen and oxygen atoms in total. The van der Waals surface area contributed by atoms with Crippen LogP contribution >= 0.6 is 0 Å². The molecule has 0 bridgehead atoms. The van der Waals surface area contributed by atoms with Crippen LogP contribution in [-0.4, -0.2) is 66.3 Å². The monoisotopic (exact) mass is 430 g/mol. The predicted octanol–water partition coefficient (Wildman–Crippen LogP) is 1.03. The molecule has 1 aromatic carbocycles. The van der Waals surface area contributed by atoms with Gasteiger partial charge in [0.2, 0.25) is 5.91 Å². The van der Waals surface area contributed by atoms with Crippen molar-refractivity contribution in [2.45, 2.75) is 13.5 Å². The van der Waals surface area contributed by atoms with Gasteiger partial charge in [0, 0.05) is 44.6 Å². The Balaban J connectivity index is 1.27. The molecular formula is C22H22N8O2. The van der Waals surface area contributed by atoms with Crippen molar-refractivity contribution >= 4 is 22.6 Å². The number of hydrogen-bond donors (Lipinski definition) is 0. The lowest BCUT2D eigenvalue weighted by atomic mass is 10.2. The number of nitrogens with zero attached hydrogens (tertiary/aromatic N) is 8. The van der Waals surface area contributed by atoms with E-state index in [1.54, 1.807) is 34.0 Å². The molecular weight excluding hydrogens is 408 g/mol. The summed E-state index contributed by atoms with van der Waals surface area (Å²) in [7, 11) is 0. The van der Waals surface area contributed by atoms with Gasteiger partial charge in [-0.25, -0.2) is 19.6 Å². The van der Waals surface area contributed by atoms with E-state index in [1.165, 1.54) is 10.9 Å². The topological polar surface area (TPSA) is 102 Å². The summed E-state index contributed by atoms with van der Waals surface area (Å²) >= 11 is 0. The number of benzene rings is 1. The standard InChI is InChI=1S/C22H22N8O2/c1-16-25-19(13-20(26-16)30-8-4-7-24-30)27-9-11-28(12-10-27)21(31)14-29-15-23-18-6-3-2-5-17(18)22(29)32/h2-8,13,15H,9-12,14H2,1H3. The molecule has 5 rings (SSSR count). The van der Waals surface area contributed by atoms with Gasteiger partial charge in [-0.1, -0.05) is 12.1 Å². The van der Waals surface area contributed by atoms with Crippen LogP contribution < -0.4 is 10.5 Å². The number of para-hydroxylation sites is 1. The SMILES string of the molecule is Cc1nc(N2CCN(C(=O)Cn3cnc4ccccc4c3=O)CC2)cc(-n2cccn2)n1. The number of anilines is 1. The molecule has 0 saturated carbocycles. The molecule has 1 saturated heterocycles. The molecule has 0 radical (unpaired) electrons. The Morgan fingerprint density at radius 2 is 1.81 bits per heavy atom. The lowest BCUT2D eigenvalue weighted by molar-refractivity contribution is -0.132. The first-order valence-corrected chi connectivity index (χ1v) is 10.4. The van der Waals surface area contributed by atoms with Crippen molar-refractivity contribution in [2.24, 2.45) is 0 Å². The summed E-state index contributed by atoms with van der Waals surface area (Å²) in [5.41, 5.74) is 0.426. The molecule has 0 aliphatic carbocycles. The third-order valence-electron chi connectivity index (χ3n) is 5.54. The van der Waals surface area contributed by atoms with Crippen molar-refractivity contribution in [1.29, 1.82) is 0 Å². The van der Waals surface area contributed by atoms with Gasteiger partial charge in [0.25, 0.3) is 5.56 Å². The molecule has 32 heavy (non-hydrogen) atoms. The van der Waals surface area contributed by atoms with Crippen molar-refractivity contribution in [3.8, 4) is 5.82 Å². The van der Waals surface area contributed by atoms with Gasteiger partial charge in [-0.15, -0.1) is 0 Å². The average Bonchev–Trinajstić information content (AvgIpc) is 3.36. The van der Waals surface area contributed by atoms with Crippen LogP contribution in [-0.2, 0) is 11.3 Å². The van der Waals surface area contributed by atoms with Gasteiger partial charge in [0.1, 0.15) is 18.2 Å². The lowest BCUT2D eigenvalue weighted by Crippen LogP contribution is -2.50. The summed E-state index contributed by atoms with van der Waals surface area (Å²) in [4.78, 5) is 42.7. The summed E-state index contributed by atoms with van der Waals surface area (Å²) in [6.07, 6.45) is 4.99. The number of fused-ring (bicyclic) bond motifs is 1. The normalized spacial score (nSPS) is 14.2. The Labute approximate surface area is 183 Å². The number of carbonyl (C=O) groups excluding carboxylic acids is 1. The van der Waals surface area contributed by atoms with Gasteiger partial charge in [-0.2, -0.15) is 5.10 Å². The quantitative estimate of drug-likeness (QED) is 0.476. The van der Waals surface area contributed by atoms with Gasteiger partial charge in [0.15, 0.2) is 5.82 Å². The van der Waals surface area contributed by atoms with Crippen molar-refractivity contribution < 1.29 is 4.79 Å². The molecule has 1 aliphatic rings. The summed E-state index contributed by atoms with van der Waals surface area (Å²) < 4.78 is 3.08. The van der Waals surface area contributed by atoms with Crippen LogP contribution in [0.5, 0.6) is 0 Å². The number of hydrogen-bond acceptors (Lipinski definition) is 7. The van der Waals surface area contributed by atoms with Crippen LogP contribution in [0.4, 0.5) is 5.82 Å². The van der Waals surface area contributed by atoms with E-state index < -0.39 is 0 Å². The molecule has 1 aliphatic heterocycles. The van der Waals surface area contributed by atoms with Gasteiger partial charge >= 0.3 is 0 Å². The second kappa shape index (κ2) is 8.22. The Morgan fingerprint density at radius 3 is 2.59 bits per heavy atom. The lowest BCUT2D eigenvalue weighted by Gasteiger charge is -2.35. The van der Waals surface area contributed by atoms with E-state index in [9.17, 15) is 9.59 Å². The van der Waals surface area contributed by atoms with E-state index in [-0.39, 0.29) is 18.0 Å². The third-order valence-corrected chi connectivity index (χ3v) is 5.54. The highest BCUT2D eigenvalue weighted by Crippen LogP contribution is 2.17. The molecule has 4 heterocycles. The van der Waals surface area contributed by atoms with E-state index in [1.807, 2.05) is 31.3 Å². The van der Waals surface area contributed by atoms with Crippen LogP contribution in [0.1, 0.15) is 5.82 Å². The summed E-state index contributed by atoms with van der Waals surface area (Å²) in [5.74, 6) is 2.08. The van der Waals surface area contributed by atoms with E-state index >= 15 is 0 Å². The highest BCUT2D eigenvalue weighted by Gasteiger charge is 2.23. The number of piperazine rings is 1. The number of amides is 1. The van der Waals surface area contributed by atoms with E-state index in [0.29, 0.717) is 48.7 Å². The third kappa shape index (κ3) is 3.82. The molecule has 1 fully saturated rings. The predicted molar refractivity (Wildman–Crippen MR) is 119 cm³/mol. The van der Waals surface area contributed by atoms with E-state index in [2.05, 4.69) is 25.0 Å². The Bertz CT molecular complexity index is 1320. The highest BCUT2D eigenvalue weighted by molar-refractivity contribution is 5.79. The fraction of sp³-hybridized carbons (Fsp3) is 0.273. The average molecular weight is 430 g/mol. The van der Waals surface area contributed by atoms with Crippen molar-refractivity contribution in [2.75, 3.05) is 31.1 Å². The molecule has 0 unspecified atom stereocenters. The molecule has 10 heteroatoms. The highest BCUT2D eigenvalue weighted by atomic mass is 16.2. The Morgan fingerprint density at radius 1 is 1.03 bits per heavy atom. The maximum absolute atomic E-state index is 12.8. The minimum absolute atomic E-state index is 0.0211. The fourth-order valence-corrected chi connectivity index (χ4v) is 3.87. The van der Waals surface area contributed by atoms with Crippen LogP contribution in [0.15, 0.2) is 59.9 Å². The van der Waals surface area contributed by atoms with Crippen molar-refractivity contribution in [3.63, 3.8) is 0 Å². The molecule has 1 amide bonds. The second-order valence-corrected chi connectivity index (χ2v) is 7.64. The van der Waals surface area contributed by atoms with E-state index in [4.69, 9.17) is 0 Å². The first-order valence-electron chi connectivity index (χ1n) is 10.4.